The van der Waals surface area contributed by atoms with Crippen molar-refractivity contribution in [3.63, 3.8) is 0 Å². The second kappa shape index (κ2) is 7.68. The Hall–Kier alpha value is -2.76. The third-order valence-corrected chi connectivity index (χ3v) is 3.75. The lowest BCUT2D eigenvalue weighted by Gasteiger charge is -2.05. The van der Waals surface area contributed by atoms with Crippen molar-refractivity contribution in [2.75, 3.05) is 13.1 Å². The van der Waals surface area contributed by atoms with Crippen LogP contribution >= 0.6 is 0 Å². The van der Waals surface area contributed by atoms with Gasteiger partial charge < -0.3 is 10.2 Å². The van der Waals surface area contributed by atoms with Gasteiger partial charge >= 0.3 is 0 Å². The molecule has 0 saturated heterocycles. The molecule has 0 unspecified atom stereocenters. The Kier molecular flexibility index (Phi) is 5.63. The predicted molar refractivity (Wildman–Crippen MR) is 95.7 cm³/mol. The van der Waals surface area contributed by atoms with E-state index in [2.05, 4.69) is 20.0 Å². The van der Waals surface area contributed by atoms with E-state index in [1.165, 1.54) is 0 Å². The van der Waals surface area contributed by atoms with E-state index in [4.69, 9.17) is 0 Å². The summed E-state index contributed by atoms with van der Waals surface area (Å²) in [6.45, 7) is 8.23. The van der Waals surface area contributed by atoms with Crippen molar-refractivity contribution in [3.05, 3.63) is 46.0 Å². The van der Waals surface area contributed by atoms with E-state index in [0.29, 0.717) is 35.6 Å². The highest BCUT2D eigenvalue weighted by Crippen LogP contribution is 2.22. The topological polar surface area (TPSA) is 91.0 Å². The van der Waals surface area contributed by atoms with Crippen molar-refractivity contribution in [3.8, 4) is 11.5 Å². The van der Waals surface area contributed by atoms with Crippen LogP contribution in [-0.2, 0) is 0 Å². The van der Waals surface area contributed by atoms with E-state index in [1.54, 1.807) is 38.7 Å². The van der Waals surface area contributed by atoms with Crippen LogP contribution in [0.15, 0.2) is 22.4 Å². The van der Waals surface area contributed by atoms with Crippen LogP contribution in [0.2, 0.25) is 0 Å². The van der Waals surface area contributed by atoms with E-state index in [0.717, 1.165) is 11.1 Å². The van der Waals surface area contributed by atoms with E-state index < -0.39 is 0 Å². The average Bonchev–Trinajstić information content (AvgIpc) is 2.56. The molecule has 0 aromatic carbocycles. The van der Waals surface area contributed by atoms with Gasteiger partial charge in [0.2, 0.25) is 0 Å². The van der Waals surface area contributed by atoms with Gasteiger partial charge in [0.15, 0.2) is 0 Å². The second-order valence-corrected chi connectivity index (χ2v) is 5.65. The van der Waals surface area contributed by atoms with Crippen molar-refractivity contribution in [2.45, 2.75) is 27.7 Å². The highest BCUT2D eigenvalue weighted by atomic mass is 16.3. The van der Waals surface area contributed by atoms with Crippen LogP contribution in [-0.4, -0.2) is 45.7 Å². The molecule has 0 spiro atoms. The van der Waals surface area contributed by atoms with Crippen LogP contribution in [0.3, 0.4) is 0 Å². The molecule has 0 amide bonds. The monoisotopic (exact) mass is 326 g/mol. The smallest absolute Gasteiger partial charge is 0.145 e. The standard InChI is InChI=1S/C18H22N4O2/c1-11-7-21-13(3)17(23)15(11)9-19-5-6-20-10-16-12(2)8-22-14(4)18(16)24/h7-10,23-24H,5-6H2,1-4H3. The SMILES string of the molecule is Cc1cnc(C)c(O)c1C=NCCN=Cc1c(C)cnc(C)c1O. The highest BCUT2D eigenvalue weighted by molar-refractivity contribution is 5.86. The minimum absolute atomic E-state index is 0.162. The van der Waals surface area contributed by atoms with E-state index in [9.17, 15) is 10.2 Å². The minimum atomic E-state index is 0.162. The molecular formula is C18H22N4O2. The molecule has 0 aliphatic rings. The zero-order valence-electron chi connectivity index (χ0n) is 14.4. The Morgan fingerprint density at radius 2 is 1.17 bits per heavy atom. The number of rotatable bonds is 5. The Balaban J connectivity index is 1.99. The molecule has 2 aromatic rings. The molecule has 2 rings (SSSR count). The minimum Gasteiger partial charge on any atom is -0.505 e. The van der Waals surface area contributed by atoms with Gasteiger partial charge in [0.25, 0.3) is 0 Å². The first kappa shape index (κ1) is 17.6. The lowest BCUT2D eigenvalue weighted by molar-refractivity contribution is 0.465. The van der Waals surface area contributed by atoms with Crippen LogP contribution in [0.5, 0.6) is 11.5 Å². The summed E-state index contributed by atoms with van der Waals surface area (Å²) in [5.74, 6) is 0.324. The van der Waals surface area contributed by atoms with Crippen molar-refractivity contribution in [1.29, 1.82) is 0 Å². The molecule has 2 heterocycles. The molecule has 0 fully saturated rings. The van der Waals surface area contributed by atoms with Crippen molar-refractivity contribution < 1.29 is 10.2 Å². The predicted octanol–water partition coefficient (Wildman–Crippen LogP) is 2.66. The van der Waals surface area contributed by atoms with Crippen LogP contribution in [0.4, 0.5) is 0 Å². The fraction of sp³-hybridized carbons (Fsp3) is 0.333. The summed E-state index contributed by atoms with van der Waals surface area (Å²) in [4.78, 5) is 16.8. The molecule has 6 heteroatoms. The number of aliphatic imine (C=N–C) groups is 2. The van der Waals surface area contributed by atoms with Crippen molar-refractivity contribution in [1.82, 2.24) is 9.97 Å². The molecule has 126 valence electrons. The van der Waals surface area contributed by atoms with E-state index >= 15 is 0 Å². The zero-order valence-corrected chi connectivity index (χ0v) is 14.4. The molecule has 0 bridgehead atoms. The number of aryl methyl sites for hydroxylation is 4. The van der Waals surface area contributed by atoms with Gasteiger partial charge in [-0.2, -0.15) is 0 Å². The first-order chi connectivity index (χ1) is 11.4. The number of pyridine rings is 2. The molecule has 2 aromatic heterocycles. The lowest BCUT2D eigenvalue weighted by atomic mass is 10.1. The van der Waals surface area contributed by atoms with E-state index in [1.807, 2.05) is 13.8 Å². The van der Waals surface area contributed by atoms with Gasteiger partial charge in [0, 0.05) is 35.9 Å². The third kappa shape index (κ3) is 3.95. The van der Waals surface area contributed by atoms with E-state index in [-0.39, 0.29) is 11.5 Å². The summed E-state index contributed by atoms with van der Waals surface area (Å²) in [5.41, 5.74) is 4.28. The maximum atomic E-state index is 10.00. The molecule has 2 N–H and O–H groups in total. The van der Waals surface area contributed by atoms with Crippen molar-refractivity contribution in [2.24, 2.45) is 9.98 Å². The summed E-state index contributed by atoms with van der Waals surface area (Å²) in [5, 5.41) is 20.0. The largest absolute Gasteiger partial charge is 0.505 e. The molecule has 24 heavy (non-hydrogen) atoms. The van der Waals surface area contributed by atoms with Crippen LogP contribution in [0.25, 0.3) is 0 Å². The molecule has 0 radical (unpaired) electrons. The van der Waals surface area contributed by atoms with Gasteiger partial charge in [0.05, 0.1) is 24.5 Å². The normalized spacial score (nSPS) is 11.7. The molecule has 0 aliphatic heterocycles. The van der Waals surface area contributed by atoms with Gasteiger partial charge in [0.1, 0.15) is 11.5 Å². The third-order valence-electron chi connectivity index (χ3n) is 3.75. The molecule has 0 atom stereocenters. The Morgan fingerprint density at radius 3 is 1.54 bits per heavy atom. The number of nitrogens with zero attached hydrogens (tertiary/aromatic N) is 4. The first-order valence-corrected chi connectivity index (χ1v) is 7.71. The van der Waals surface area contributed by atoms with Gasteiger partial charge in [-0.15, -0.1) is 0 Å². The Morgan fingerprint density at radius 1 is 0.792 bits per heavy atom. The summed E-state index contributed by atoms with van der Waals surface area (Å²) in [6.07, 6.45) is 6.72. The first-order valence-electron chi connectivity index (χ1n) is 7.71. The maximum absolute atomic E-state index is 10.00. The summed E-state index contributed by atoms with van der Waals surface area (Å²) >= 11 is 0. The average molecular weight is 326 g/mol. The van der Waals surface area contributed by atoms with Gasteiger partial charge in [-0.05, 0) is 38.8 Å². The van der Waals surface area contributed by atoms with Gasteiger partial charge in [-0.1, -0.05) is 0 Å². The zero-order chi connectivity index (χ0) is 17.7. The number of hydrogen-bond acceptors (Lipinski definition) is 6. The molecular weight excluding hydrogens is 304 g/mol. The van der Waals surface area contributed by atoms with Crippen LogP contribution in [0, 0.1) is 27.7 Å². The van der Waals surface area contributed by atoms with Crippen LogP contribution < -0.4 is 0 Å². The molecule has 0 aliphatic carbocycles. The van der Waals surface area contributed by atoms with Gasteiger partial charge in [-0.25, -0.2) is 0 Å². The number of hydrogen-bond donors (Lipinski definition) is 2. The van der Waals surface area contributed by atoms with Crippen LogP contribution in [0.1, 0.15) is 33.6 Å². The fourth-order valence-electron chi connectivity index (χ4n) is 2.17. The lowest BCUT2D eigenvalue weighted by Crippen LogP contribution is -1.97. The second-order valence-electron chi connectivity index (χ2n) is 5.65. The number of aromatic hydroxyl groups is 2. The summed E-state index contributed by atoms with van der Waals surface area (Å²) in [7, 11) is 0. The molecule has 0 saturated carbocycles. The fourth-order valence-corrected chi connectivity index (χ4v) is 2.17. The quantitative estimate of drug-likeness (QED) is 0.653. The summed E-state index contributed by atoms with van der Waals surface area (Å²) < 4.78 is 0. The highest BCUT2D eigenvalue weighted by Gasteiger charge is 2.07. The molecule has 6 nitrogen and oxygen atoms in total. The maximum Gasteiger partial charge on any atom is 0.145 e. The summed E-state index contributed by atoms with van der Waals surface area (Å²) in [6, 6.07) is 0. The van der Waals surface area contributed by atoms with Crippen molar-refractivity contribution >= 4 is 12.4 Å². The number of aromatic nitrogens is 2. The van der Waals surface area contributed by atoms with Gasteiger partial charge in [-0.3, -0.25) is 20.0 Å². The Labute approximate surface area is 141 Å². The Bertz CT molecular complexity index is 731.